The molecule has 1 spiro atoms. The molecule has 2 fully saturated rings. The topological polar surface area (TPSA) is 78.6 Å². The van der Waals surface area contributed by atoms with Crippen LogP contribution in [0.1, 0.15) is 48.3 Å². The summed E-state index contributed by atoms with van der Waals surface area (Å²) in [5, 5.41) is 13.1. The minimum Gasteiger partial charge on any atom is -0.396 e. The van der Waals surface area contributed by atoms with E-state index in [9.17, 15) is 9.90 Å². The first-order chi connectivity index (χ1) is 15.4. The standard InChI is InChI=1S/C25H29ClFN3O2/c1-14-4-2-5-17(22(14)27)21-23(28)20(6-3-11-31)30(13-15-7-8-15)25(21)18-10-9-16(26)12-19(18)29-24(25)32/h2,4-5,9-10,12,15,20-21,23,31H,3,6-8,11,13,28H2,1H3,(H,29,32)/t20-,21-,23+,25+/m0/s1. The number of nitrogens with one attached hydrogen (secondary N) is 1. The minimum atomic E-state index is -1.11. The summed E-state index contributed by atoms with van der Waals surface area (Å²) in [5.74, 6) is -0.548. The van der Waals surface area contributed by atoms with Gasteiger partial charge in [-0.1, -0.05) is 35.9 Å². The van der Waals surface area contributed by atoms with Crippen LogP contribution in [0.5, 0.6) is 0 Å². The molecule has 0 bridgehead atoms. The second-order valence-electron chi connectivity index (χ2n) is 9.47. The van der Waals surface area contributed by atoms with Gasteiger partial charge in [0.1, 0.15) is 11.4 Å². The summed E-state index contributed by atoms with van der Waals surface area (Å²) in [7, 11) is 0. The van der Waals surface area contributed by atoms with Crippen molar-refractivity contribution in [2.45, 2.75) is 56.1 Å². The fraction of sp³-hybridized carbons (Fsp3) is 0.480. The molecule has 170 valence electrons. The van der Waals surface area contributed by atoms with Crippen molar-refractivity contribution in [2.24, 2.45) is 11.7 Å². The Morgan fingerprint density at radius 1 is 1.31 bits per heavy atom. The number of aliphatic hydroxyl groups is 1. The average Bonchev–Trinajstić information content (AvgIpc) is 3.49. The molecule has 4 N–H and O–H groups in total. The molecule has 2 heterocycles. The molecule has 1 aliphatic carbocycles. The number of aliphatic hydroxyl groups excluding tert-OH is 1. The smallest absolute Gasteiger partial charge is 0.250 e. The number of anilines is 1. The van der Waals surface area contributed by atoms with E-state index in [1.807, 2.05) is 12.1 Å². The molecular formula is C25H29ClFN3O2. The predicted octanol–water partition coefficient (Wildman–Crippen LogP) is 3.91. The Morgan fingerprint density at radius 2 is 2.09 bits per heavy atom. The first-order valence-corrected chi connectivity index (χ1v) is 11.8. The summed E-state index contributed by atoms with van der Waals surface area (Å²) in [6.45, 7) is 2.51. The third-order valence-corrected chi connectivity index (χ3v) is 7.72. The molecule has 1 saturated carbocycles. The summed E-state index contributed by atoms with van der Waals surface area (Å²) in [4.78, 5) is 16.1. The summed E-state index contributed by atoms with van der Waals surface area (Å²) < 4.78 is 15.5. The largest absolute Gasteiger partial charge is 0.396 e. The van der Waals surface area contributed by atoms with Gasteiger partial charge in [-0.05, 0) is 61.8 Å². The number of carbonyl (C=O) groups is 1. The highest BCUT2D eigenvalue weighted by molar-refractivity contribution is 6.31. The van der Waals surface area contributed by atoms with Crippen LogP contribution >= 0.6 is 11.6 Å². The predicted molar refractivity (Wildman–Crippen MR) is 123 cm³/mol. The molecule has 0 radical (unpaired) electrons. The van der Waals surface area contributed by atoms with Gasteiger partial charge in [-0.25, -0.2) is 4.39 Å². The zero-order chi connectivity index (χ0) is 22.6. The summed E-state index contributed by atoms with van der Waals surface area (Å²) in [6.07, 6.45) is 3.46. The van der Waals surface area contributed by atoms with Gasteiger partial charge in [-0.15, -0.1) is 0 Å². The molecule has 2 aliphatic heterocycles. The van der Waals surface area contributed by atoms with Gasteiger partial charge in [0.25, 0.3) is 0 Å². The number of nitrogens with zero attached hydrogens (tertiary/aromatic N) is 1. The van der Waals surface area contributed by atoms with Gasteiger partial charge >= 0.3 is 0 Å². The number of fused-ring (bicyclic) bond motifs is 2. The van der Waals surface area contributed by atoms with E-state index in [1.54, 1.807) is 31.2 Å². The van der Waals surface area contributed by atoms with Crippen LogP contribution in [-0.2, 0) is 10.3 Å². The quantitative estimate of drug-likeness (QED) is 0.614. The zero-order valence-electron chi connectivity index (χ0n) is 18.2. The molecule has 1 amide bonds. The van der Waals surface area contributed by atoms with Crippen molar-refractivity contribution in [3.05, 3.63) is 63.9 Å². The molecule has 4 atom stereocenters. The molecular weight excluding hydrogens is 429 g/mol. The van der Waals surface area contributed by atoms with Gasteiger partial charge in [0.2, 0.25) is 5.91 Å². The van der Waals surface area contributed by atoms with Crippen molar-refractivity contribution >= 4 is 23.2 Å². The number of benzene rings is 2. The van der Waals surface area contributed by atoms with Crippen LogP contribution in [0.3, 0.4) is 0 Å². The first kappa shape index (κ1) is 21.8. The number of hydrogen-bond donors (Lipinski definition) is 3. The van der Waals surface area contributed by atoms with E-state index in [1.165, 1.54) is 0 Å². The first-order valence-electron chi connectivity index (χ1n) is 11.4. The maximum atomic E-state index is 15.5. The molecule has 2 aromatic carbocycles. The zero-order valence-corrected chi connectivity index (χ0v) is 18.9. The van der Waals surface area contributed by atoms with E-state index >= 15 is 4.39 Å². The highest BCUT2D eigenvalue weighted by atomic mass is 35.5. The van der Waals surface area contributed by atoms with Crippen molar-refractivity contribution in [3.8, 4) is 0 Å². The highest BCUT2D eigenvalue weighted by Gasteiger charge is 2.66. The van der Waals surface area contributed by atoms with Crippen molar-refractivity contribution < 1.29 is 14.3 Å². The normalized spacial score (nSPS) is 29.5. The number of rotatable bonds is 6. The van der Waals surface area contributed by atoms with E-state index < -0.39 is 17.5 Å². The molecule has 3 aliphatic rings. The summed E-state index contributed by atoms with van der Waals surface area (Å²) in [5.41, 5.74) is 8.27. The SMILES string of the molecule is Cc1cccc([C@H]2[C@H](N)[C@H](CCCO)N(CC3CC3)[C@@]23C(=O)Nc2cc(Cl)ccc23)c1F. The van der Waals surface area contributed by atoms with Crippen molar-refractivity contribution in [2.75, 3.05) is 18.5 Å². The third-order valence-electron chi connectivity index (χ3n) is 7.49. The molecule has 2 aromatic rings. The van der Waals surface area contributed by atoms with Crippen molar-refractivity contribution in [3.63, 3.8) is 0 Å². The second kappa shape index (κ2) is 8.10. The maximum Gasteiger partial charge on any atom is 0.250 e. The van der Waals surface area contributed by atoms with Crippen LogP contribution in [0, 0.1) is 18.7 Å². The van der Waals surface area contributed by atoms with E-state index in [4.69, 9.17) is 17.3 Å². The fourth-order valence-electron chi connectivity index (χ4n) is 5.88. The van der Waals surface area contributed by atoms with Crippen LogP contribution in [-0.4, -0.2) is 41.1 Å². The van der Waals surface area contributed by atoms with E-state index in [-0.39, 0.29) is 24.4 Å². The van der Waals surface area contributed by atoms with E-state index in [2.05, 4.69) is 10.2 Å². The van der Waals surface area contributed by atoms with Crippen LogP contribution in [0.25, 0.3) is 0 Å². The van der Waals surface area contributed by atoms with Gasteiger partial charge < -0.3 is 16.2 Å². The highest BCUT2D eigenvalue weighted by Crippen LogP contribution is 2.58. The Bertz CT molecular complexity index is 1060. The molecule has 5 nitrogen and oxygen atoms in total. The minimum absolute atomic E-state index is 0.0509. The number of hydrogen-bond acceptors (Lipinski definition) is 4. The Hall–Kier alpha value is -1.99. The van der Waals surface area contributed by atoms with E-state index in [0.29, 0.717) is 40.6 Å². The average molecular weight is 458 g/mol. The van der Waals surface area contributed by atoms with Crippen molar-refractivity contribution in [1.29, 1.82) is 0 Å². The van der Waals surface area contributed by atoms with Gasteiger partial charge in [0.05, 0.1) is 0 Å². The van der Waals surface area contributed by atoms with Gasteiger partial charge in [-0.2, -0.15) is 0 Å². The lowest BCUT2D eigenvalue weighted by Crippen LogP contribution is -2.52. The number of aryl methyl sites for hydroxylation is 1. The lowest BCUT2D eigenvalue weighted by Gasteiger charge is -2.40. The van der Waals surface area contributed by atoms with Gasteiger partial charge in [-0.3, -0.25) is 9.69 Å². The Morgan fingerprint density at radius 3 is 2.81 bits per heavy atom. The fourth-order valence-corrected chi connectivity index (χ4v) is 6.06. The molecule has 5 rings (SSSR count). The van der Waals surface area contributed by atoms with Crippen LogP contribution in [0.15, 0.2) is 36.4 Å². The van der Waals surface area contributed by atoms with Crippen LogP contribution in [0.2, 0.25) is 5.02 Å². The Kier molecular flexibility index (Phi) is 5.53. The molecule has 0 aromatic heterocycles. The third kappa shape index (κ3) is 3.19. The molecule has 1 saturated heterocycles. The lowest BCUT2D eigenvalue weighted by molar-refractivity contribution is -0.128. The number of likely N-dealkylation sites (tertiary alicyclic amines) is 1. The number of carbonyl (C=O) groups excluding carboxylic acids is 1. The molecule has 0 unspecified atom stereocenters. The number of nitrogens with two attached hydrogens (primary N) is 1. The van der Waals surface area contributed by atoms with Crippen LogP contribution in [0.4, 0.5) is 10.1 Å². The van der Waals surface area contributed by atoms with Gasteiger partial charge in [0, 0.05) is 47.4 Å². The van der Waals surface area contributed by atoms with Crippen molar-refractivity contribution in [1.82, 2.24) is 4.90 Å². The maximum absolute atomic E-state index is 15.5. The Labute approximate surface area is 192 Å². The number of amides is 1. The summed E-state index contributed by atoms with van der Waals surface area (Å²) >= 11 is 6.24. The molecule has 7 heteroatoms. The summed E-state index contributed by atoms with van der Waals surface area (Å²) in [6, 6.07) is 10.1. The van der Waals surface area contributed by atoms with E-state index in [0.717, 1.165) is 24.9 Å². The van der Waals surface area contributed by atoms with Crippen LogP contribution < -0.4 is 11.1 Å². The lowest BCUT2D eigenvalue weighted by atomic mass is 9.73. The monoisotopic (exact) mass is 457 g/mol. The van der Waals surface area contributed by atoms with Gasteiger partial charge in [0.15, 0.2) is 0 Å². The number of halogens is 2. The molecule has 32 heavy (non-hydrogen) atoms. The second-order valence-corrected chi connectivity index (χ2v) is 9.91. The Balaban J connectivity index is 1.75.